The van der Waals surface area contributed by atoms with Gasteiger partial charge in [-0.3, -0.25) is 0 Å². The minimum absolute atomic E-state index is 0.00448. The number of nitrogens with zero attached hydrogens (tertiary/aromatic N) is 1. The molecule has 0 aliphatic carbocycles. The maximum absolute atomic E-state index is 6.16. The molecular weight excluding hydrogens is 248 g/mol. The lowest BCUT2D eigenvalue weighted by molar-refractivity contribution is -0.0786. The second-order valence-electron chi connectivity index (χ2n) is 6.54. The van der Waals surface area contributed by atoms with Crippen molar-refractivity contribution in [1.29, 1.82) is 0 Å². The number of ether oxygens (including phenoxy) is 1. The summed E-state index contributed by atoms with van der Waals surface area (Å²) < 4.78 is 5.86. The SMILES string of the molecule is CCc1ccc(N(C)C2(CN)CCOC(C)(C)C2)cc1. The third kappa shape index (κ3) is 2.99. The van der Waals surface area contributed by atoms with E-state index in [0.29, 0.717) is 6.54 Å². The summed E-state index contributed by atoms with van der Waals surface area (Å²) >= 11 is 0. The Morgan fingerprint density at radius 2 is 1.90 bits per heavy atom. The minimum Gasteiger partial charge on any atom is -0.375 e. The Balaban J connectivity index is 2.25. The highest BCUT2D eigenvalue weighted by molar-refractivity contribution is 5.50. The zero-order valence-electron chi connectivity index (χ0n) is 13.3. The highest BCUT2D eigenvalue weighted by atomic mass is 16.5. The van der Waals surface area contributed by atoms with Crippen molar-refractivity contribution in [3.8, 4) is 0 Å². The van der Waals surface area contributed by atoms with Crippen LogP contribution in [0.1, 0.15) is 39.2 Å². The summed E-state index contributed by atoms with van der Waals surface area (Å²) in [6.45, 7) is 7.93. The van der Waals surface area contributed by atoms with Gasteiger partial charge in [-0.05, 0) is 44.4 Å². The van der Waals surface area contributed by atoms with Gasteiger partial charge in [0, 0.05) is 32.3 Å². The number of hydrogen-bond acceptors (Lipinski definition) is 3. The van der Waals surface area contributed by atoms with Gasteiger partial charge in [-0.2, -0.15) is 0 Å². The normalized spacial score (nSPS) is 25.4. The quantitative estimate of drug-likeness (QED) is 0.919. The molecule has 1 aliphatic heterocycles. The number of benzene rings is 1. The lowest BCUT2D eigenvalue weighted by Crippen LogP contribution is -2.59. The van der Waals surface area contributed by atoms with E-state index in [2.05, 4.69) is 57.0 Å². The second kappa shape index (κ2) is 5.74. The van der Waals surface area contributed by atoms with Crippen molar-refractivity contribution in [2.75, 3.05) is 25.1 Å². The predicted molar refractivity (Wildman–Crippen MR) is 85.3 cm³/mol. The van der Waals surface area contributed by atoms with Crippen LogP contribution in [0.25, 0.3) is 0 Å². The van der Waals surface area contributed by atoms with Crippen molar-refractivity contribution in [1.82, 2.24) is 0 Å². The first-order valence-corrected chi connectivity index (χ1v) is 7.59. The fourth-order valence-electron chi connectivity index (χ4n) is 3.28. The molecule has 0 aromatic heterocycles. The molecule has 1 heterocycles. The van der Waals surface area contributed by atoms with Gasteiger partial charge in [0.1, 0.15) is 0 Å². The molecule has 0 radical (unpaired) electrons. The Morgan fingerprint density at radius 1 is 1.25 bits per heavy atom. The molecule has 1 unspecified atom stereocenters. The van der Waals surface area contributed by atoms with Crippen molar-refractivity contribution < 1.29 is 4.74 Å². The van der Waals surface area contributed by atoms with Gasteiger partial charge < -0.3 is 15.4 Å². The maximum atomic E-state index is 6.16. The molecule has 0 amide bonds. The summed E-state index contributed by atoms with van der Waals surface area (Å²) in [6.07, 6.45) is 3.02. The van der Waals surface area contributed by atoms with Gasteiger partial charge in [-0.1, -0.05) is 19.1 Å². The molecule has 0 saturated carbocycles. The van der Waals surface area contributed by atoms with Gasteiger partial charge in [0.15, 0.2) is 0 Å². The molecule has 1 aromatic carbocycles. The van der Waals surface area contributed by atoms with Crippen molar-refractivity contribution in [3.63, 3.8) is 0 Å². The molecule has 112 valence electrons. The topological polar surface area (TPSA) is 38.5 Å². The first-order chi connectivity index (χ1) is 9.42. The van der Waals surface area contributed by atoms with Crippen LogP contribution in [-0.2, 0) is 11.2 Å². The number of likely N-dealkylation sites (N-methyl/N-ethyl adjacent to an activating group) is 1. The number of anilines is 1. The summed E-state index contributed by atoms with van der Waals surface area (Å²) in [7, 11) is 2.16. The average Bonchev–Trinajstić information content (AvgIpc) is 2.45. The smallest absolute Gasteiger partial charge is 0.0649 e. The van der Waals surface area contributed by atoms with Crippen LogP contribution in [0.15, 0.2) is 24.3 Å². The van der Waals surface area contributed by atoms with E-state index in [1.165, 1.54) is 11.3 Å². The molecule has 2 N–H and O–H groups in total. The number of rotatable bonds is 4. The van der Waals surface area contributed by atoms with E-state index in [4.69, 9.17) is 10.5 Å². The van der Waals surface area contributed by atoms with Crippen molar-refractivity contribution in [2.24, 2.45) is 5.73 Å². The summed E-state index contributed by atoms with van der Waals surface area (Å²) in [5.74, 6) is 0. The first kappa shape index (κ1) is 15.3. The Labute approximate surface area is 123 Å². The highest BCUT2D eigenvalue weighted by Gasteiger charge is 2.42. The molecule has 1 saturated heterocycles. The average molecular weight is 276 g/mol. The molecule has 20 heavy (non-hydrogen) atoms. The molecule has 1 aromatic rings. The van der Waals surface area contributed by atoms with E-state index in [1.54, 1.807) is 0 Å². The van der Waals surface area contributed by atoms with Crippen molar-refractivity contribution in [3.05, 3.63) is 29.8 Å². The van der Waals surface area contributed by atoms with Crippen LogP contribution >= 0.6 is 0 Å². The lowest BCUT2D eigenvalue weighted by Gasteiger charge is -2.50. The zero-order valence-corrected chi connectivity index (χ0v) is 13.3. The standard InChI is InChI=1S/C17H28N2O/c1-5-14-6-8-15(9-7-14)19(4)17(13-18)10-11-20-16(2,3)12-17/h6-9H,5,10-13,18H2,1-4H3. The first-order valence-electron chi connectivity index (χ1n) is 7.59. The maximum Gasteiger partial charge on any atom is 0.0649 e. The fraction of sp³-hybridized carbons (Fsp3) is 0.647. The van der Waals surface area contributed by atoms with Crippen LogP contribution in [0.3, 0.4) is 0 Å². The molecule has 1 fully saturated rings. The molecule has 0 spiro atoms. The Kier molecular flexibility index (Phi) is 4.40. The summed E-state index contributed by atoms with van der Waals surface area (Å²) in [6, 6.07) is 8.83. The molecule has 3 nitrogen and oxygen atoms in total. The molecule has 0 bridgehead atoms. The van der Waals surface area contributed by atoms with E-state index in [1.807, 2.05) is 0 Å². The van der Waals surface area contributed by atoms with E-state index < -0.39 is 0 Å². The Hall–Kier alpha value is -1.06. The largest absolute Gasteiger partial charge is 0.375 e. The zero-order chi connectivity index (χ0) is 14.8. The third-order valence-electron chi connectivity index (χ3n) is 4.64. The number of hydrogen-bond donors (Lipinski definition) is 1. The van der Waals surface area contributed by atoms with E-state index >= 15 is 0 Å². The molecule has 1 aliphatic rings. The predicted octanol–water partition coefficient (Wildman–Crippen LogP) is 2.97. The van der Waals surface area contributed by atoms with Crippen molar-refractivity contribution >= 4 is 5.69 Å². The fourth-order valence-corrected chi connectivity index (χ4v) is 3.28. The van der Waals surface area contributed by atoms with Gasteiger partial charge in [-0.25, -0.2) is 0 Å². The molecular formula is C17H28N2O. The van der Waals surface area contributed by atoms with E-state index in [0.717, 1.165) is 25.9 Å². The monoisotopic (exact) mass is 276 g/mol. The van der Waals surface area contributed by atoms with E-state index in [-0.39, 0.29) is 11.1 Å². The summed E-state index contributed by atoms with van der Waals surface area (Å²) in [5, 5.41) is 0. The van der Waals surface area contributed by atoms with Crippen LogP contribution in [0.4, 0.5) is 5.69 Å². The Morgan fingerprint density at radius 3 is 2.40 bits per heavy atom. The highest BCUT2D eigenvalue weighted by Crippen LogP contribution is 2.37. The van der Waals surface area contributed by atoms with Crippen LogP contribution in [0.2, 0.25) is 0 Å². The van der Waals surface area contributed by atoms with Gasteiger partial charge in [0.25, 0.3) is 0 Å². The second-order valence-corrected chi connectivity index (χ2v) is 6.54. The minimum atomic E-state index is -0.102. The summed E-state index contributed by atoms with van der Waals surface area (Å²) in [5.41, 5.74) is 8.66. The van der Waals surface area contributed by atoms with Crippen LogP contribution < -0.4 is 10.6 Å². The molecule has 1 atom stereocenters. The lowest BCUT2D eigenvalue weighted by atomic mass is 9.80. The molecule has 2 rings (SSSR count). The molecule has 3 heteroatoms. The van der Waals surface area contributed by atoms with Gasteiger partial charge in [-0.15, -0.1) is 0 Å². The van der Waals surface area contributed by atoms with Gasteiger partial charge in [0.2, 0.25) is 0 Å². The Bertz CT molecular complexity index is 441. The summed E-state index contributed by atoms with van der Waals surface area (Å²) in [4.78, 5) is 2.36. The number of aryl methyl sites for hydroxylation is 1. The van der Waals surface area contributed by atoms with E-state index in [9.17, 15) is 0 Å². The van der Waals surface area contributed by atoms with Gasteiger partial charge >= 0.3 is 0 Å². The van der Waals surface area contributed by atoms with Crippen LogP contribution in [0.5, 0.6) is 0 Å². The third-order valence-corrected chi connectivity index (χ3v) is 4.64. The number of nitrogens with two attached hydrogens (primary N) is 1. The van der Waals surface area contributed by atoms with Crippen LogP contribution in [0, 0.1) is 0 Å². The van der Waals surface area contributed by atoms with Gasteiger partial charge in [0.05, 0.1) is 11.1 Å². The van der Waals surface area contributed by atoms with Crippen LogP contribution in [-0.4, -0.2) is 31.3 Å². The van der Waals surface area contributed by atoms with Crippen molar-refractivity contribution in [2.45, 2.75) is 51.2 Å².